The third-order valence-corrected chi connectivity index (χ3v) is 5.69. The highest BCUT2D eigenvalue weighted by molar-refractivity contribution is 7.64. The molecular formula is C20H21F3N3OP. The van der Waals surface area contributed by atoms with Gasteiger partial charge in [-0.2, -0.15) is 0 Å². The maximum absolute atomic E-state index is 14.3. The Hall–Kier alpha value is -2.40. The van der Waals surface area contributed by atoms with Crippen LogP contribution in [0.2, 0.25) is 0 Å². The number of fused-ring (bicyclic) bond motifs is 1. The van der Waals surface area contributed by atoms with Gasteiger partial charge in [0.1, 0.15) is 23.2 Å². The number of rotatable bonds is 6. The quantitative estimate of drug-likeness (QED) is 0.584. The fraction of sp³-hybridized carbons (Fsp3) is 0.300. The molecule has 2 aromatic carbocycles. The molecule has 3 rings (SSSR count). The third kappa shape index (κ3) is 4.04. The second kappa shape index (κ2) is 8.31. The van der Waals surface area contributed by atoms with Crippen molar-refractivity contribution in [1.82, 2.24) is 9.97 Å². The largest absolute Gasteiger partial charge is 0.496 e. The van der Waals surface area contributed by atoms with Gasteiger partial charge in [-0.05, 0) is 26.3 Å². The van der Waals surface area contributed by atoms with Crippen molar-refractivity contribution in [3.63, 3.8) is 0 Å². The van der Waals surface area contributed by atoms with Crippen molar-refractivity contribution >= 4 is 29.9 Å². The molecule has 0 unspecified atom stereocenters. The van der Waals surface area contributed by atoms with Crippen molar-refractivity contribution in [2.24, 2.45) is 0 Å². The summed E-state index contributed by atoms with van der Waals surface area (Å²) in [6.45, 7) is 6.03. The Morgan fingerprint density at radius 2 is 1.93 bits per heavy atom. The van der Waals surface area contributed by atoms with Crippen LogP contribution >= 0.6 is 7.92 Å². The van der Waals surface area contributed by atoms with Gasteiger partial charge < -0.3 is 10.1 Å². The number of halogens is 3. The minimum atomic E-state index is -2.86. The first-order valence-electron chi connectivity index (χ1n) is 8.64. The Morgan fingerprint density at radius 1 is 1.18 bits per heavy atom. The number of benzene rings is 2. The third-order valence-electron chi connectivity index (χ3n) is 4.38. The summed E-state index contributed by atoms with van der Waals surface area (Å²) in [5.74, 6) is 0.948. The van der Waals surface area contributed by atoms with Gasteiger partial charge in [0.25, 0.3) is 6.43 Å². The summed E-state index contributed by atoms with van der Waals surface area (Å²) in [6.07, 6.45) is -2.86. The lowest BCUT2D eigenvalue weighted by atomic mass is 10.1. The highest BCUT2D eigenvalue weighted by Crippen LogP contribution is 2.34. The Kier molecular flexibility index (Phi) is 6.04. The SMILES string of the molecule is COc1cc2nc(C)nc(NCc3cccc(C(F)F)c3F)c2cc1P(C)C. The number of aryl methyl sites for hydroxylation is 1. The second-order valence-electron chi connectivity index (χ2n) is 6.53. The molecule has 0 saturated heterocycles. The lowest BCUT2D eigenvalue weighted by molar-refractivity contribution is 0.146. The monoisotopic (exact) mass is 407 g/mol. The molecule has 0 bridgehead atoms. The van der Waals surface area contributed by atoms with E-state index in [1.807, 2.05) is 12.1 Å². The van der Waals surface area contributed by atoms with Crippen LogP contribution in [0, 0.1) is 12.7 Å². The van der Waals surface area contributed by atoms with E-state index < -0.39 is 25.7 Å². The highest BCUT2D eigenvalue weighted by Gasteiger charge is 2.17. The minimum Gasteiger partial charge on any atom is -0.496 e. The molecule has 8 heteroatoms. The summed E-state index contributed by atoms with van der Waals surface area (Å²) in [7, 11) is 1.18. The average molecular weight is 407 g/mol. The molecule has 28 heavy (non-hydrogen) atoms. The molecule has 1 heterocycles. The van der Waals surface area contributed by atoms with Gasteiger partial charge in [-0.1, -0.05) is 26.1 Å². The highest BCUT2D eigenvalue weighted by atomic mass is 31.1. The van der Waals surface area contributed by atoms with Crippen LogP contribution in [0.4, 0.5) is 19.0 Å². The number of ether oxygens (including phenoxy) is 1. The predicted molar refractivity (Wildman–Crippen MR) is 108 cm³/mol. The van der Waals surface area contributed by atoms with Crippen molar-refractivity contribution in [3.05, 3.63) is 53.1 Å². The standard InChI is InChI=1S/C20H21F3N3OP/c1-11-25-15-9-16(27-2)17(28(3)4)8-14(15)20(26-11)24-10-12-6-5-7-13(18(12)21)19(22)23/h5-9,19H,10H2,1-4H3,(H,24,25,26). The van der Waals surface area contributed by atoms with E-state index in [4.69, 9.17) is 4.74 Å². The topological polar surface area (TPSA) is 47.0 Å². The summed E-state index contributed by atoms with van der Waals surface area (Å²) >= 11 is 0. The molecule has 3 aromatic rings. The number of hydrogen-bond acceptors (Lipinski definition) is 4. The Bertz CT molecular complexity index is 1010. The molecule has 0 aliphatic rings. The van der Waals surface area contributed by atoms with E-state index in [2.05, 4.69) is 28.6 Å². The average Bonchev–Trinajstić information content (AvgIpc) is 2.65. The Labute approximate surface area is 162 Å². The van der Waals surface area contributed by atoms with E-state index in [-0.39, 0.29) is 12.1 Å². The lowest BCUT2D eigenvalue weighted by Gasteiger charge is -2.16. The maximum Gasteiger partial charge on any atom is 0.266 e. The van der Waals surface area contributed by atoms with Crippen molar-refractivity contribution in [2.75, 3.05) is 25.8 Å². The molecule has 0 radical (unpaired) electrons. The molecule has 1 aromatic heterocycles. The van der Waals surface area contributed by atoms with E-state index in [1.54, 1.807) is 14.0 Å². The summed E-state index contributed by atoms with van der Waals surface area (Å²) in [6, 6.07) is 7.85. The van der Waals surface area contributed by atoms with Crippen LogP contribution in [0.25, 0.3) is 10.9 Å². The van der Waals surface area contributed by atoms with Crippen LogP contribution in [-0.2, 0) is 6.54 Å². The molecule has 0 fully saturated rings. The summed E-state index contributed by atoms with van der Waals surface area (Å²) < 4.78 is 45.7. The molecular weight excluding hydrogens is 386 g/mol. The van der Waals surface area contributed by atoms with Crippen LogP contribution in [0.1, 0.15) is 23.4 Å². The van der Waals surface area contributed by atoms with E-state index in [0.717, 1.165) is 22.5 Å². The number of methoxy groups -OCH3 is 1. The predicted octanol–water partition coefficient (Wildman–Crippen LogP) is 5.00. The molecule has 0 spiro atoms. The number of nitrogens with zero attached hydrogens (tertiary/aromatic N) is 2. The summed E-state index contributed by atoms with van der Waals surface area (Å²) in [5.41, 5.74) is 0.260. The molecule has 0 aliphatic heterocycles. The van der Waals surface area contributed by atoms with Gasteiger partial charge in [0.15, 0.2) is 0 Å². The second-order valence-corrected chi connectivity index (χ2v) is 8.80. The number of aromatic nitrogens is 2. The Balaban J connectivity index is 2.01. The summed E-state index contributed by atoms with van der Waals surface area (Å²) in [5, 5.41) is 4.93. The van der Waals surface area contributed by atoms with Gasteiger partial charge in [-0.3, -0.25) is 0 Å². The first-order chi connectivity index (χ1) is 13.3. The molecule has 0 saturated carbocycles. The Morgan fingerprint density at radius 3 is 2.57 bits per heavy atom. The fourth-order valence-electron chi connectivity index (χ4n) is 2.99. The van der Waals surface area contributed by atoms with Crippen molar-refractivity contribution < 1.29 is 17.9 Å². The van der Waals surface area contributed by atoms with E-state index in [0.29, 0.717) is 17.2 Å². The number of alkyl halides is 2. The van der Waals surface area contributed by atoms with Crippen LogP contribution in [0.15, 0.2) is 30.3 Å². The van der Waals surface area contributed by atoms with Crippen molar-refractivity contribution in [2.45, 2.75) is 19.9 Å². The van der Waals surface area contributed by atoms with E-state index >= 15 is 0 Å². The smallest absolute Gasteiger partial charge is 0.266 e. The zero-order chi connectivity index (χ0) is 20.4. The van der Waals surface area contributed by atoms with Crippen LogP contribution in [0.3, 0.4) is 0 Å². The number of anilines is 1. The maximum atomic E-state index is 14.3. The van der Waals surface area contributed by atoms with Gasteiger partial charge in [-0.15, -0.1) is 0 Å². The van der Waals surface area contributed by atoms with E-state index in [9.17, 15) is 13.2 Å². The van der Waals surface area contributed by atoms with Crippen LogP contribution in [-0.4, -0.2) is 30.4 Å². The van der Waals surface area contributed by atoms with Gasteiger partial charge in [0, 0.05) is 28.9 Å². The molecule has 0 atom stereocenters. The van der Waals surface area contributed by atoms with E-state index in [1.165, 1.54) is 12.1 Å². The first kappa shape index (κ1) is 20.3. The van der Waals surface area contributed by atoms with Gasteiger partial charge in [-0.25, -0.2) is 23.1 Å². The first-order valence-corrected chi connectivity index (χ1v) is 10.9. The van der Waals surface area contributed by atoms with Gasteiger partial charge in [0.05, 0.1) is 18.2 Å². The van der Waals surface area contributed by atoms with Crippen molar-refractivity contribution in [3.8, 4) is 5.75 Å². The van der Waals surface area contributed by atoms with Crippen LogP contribution in [0.5, 0.6) is 5.75 Å². The molecule has 0 aliphatic carbocycles. The minimum absolute atomic E-state index is 0.0340. The molecule has 4 nitrogen and oxygen atoms in total. The van der Waals surface area contributed by atoms with Crippen molar-refractivity contribution in [1.29, 1.82) is 0 Å². The molecule has 0 amide bonds. The molecule has 148 valence electrons. The number of nitrogens with one attached hydrogen (secondary N) is 1. The zero-order valence-corrected chi connectivity index (χ0v) is 16.9. The van der Waals surface area contributed by atoms with Crippen LogP contribution < -0.4 is 15.4 Å². The summed E-state index contributed by atoms with van der Waals surface area (Å²) in [4.78, 5) is 8.89. The van der Waals surface area contributed by atoms with Gasteiger partial charge in [0.2, 0.25) is 0 Å². The molecule has 1 N–H and O–H groups in total. The zero-order valence-electron chi connectivity index (χ0n) is 16.1. The normalized spacial score (nSPS) is 11.5. The fourth-order valence-corrected chi connectivity index (χ4v) is 3.98. The number of hydrogen-bond donors (Lipinski definition) is 1. The lowest BCUT2D eigenvalue weighted by Crippen LogP contribution is -2.10. The van der Waals surface area contributed by atoms with Gasteiger partial charge >= 0.3 is 0 Å².